The smallest absolute Gasteiger partial charge is 0.119 e. The zero-order valence-corrected chi connectivity index (χ0v) is 11.7. The van der Waals surface area contributed by atoms with Crippen molar-refractivity contribution in [2.24, 2.45) is 5.84 Å². The van der Waals surface area contributed by atoms with E-state index in [9.17, 15) is 0 Å². The van der Waals surface area contributed by atoms with Crippen LogP contribution in [0.5, 0.6) is 5.75 Å². The number of rotatable bonds is 4. The van der Waals surface area contributed by atoms with Crippen molar-refractivity contribution >= 4 is 11.8 Å². The lowest BCUT2D eigenvalue weighted by molar-refractivity contribution is 0.216. The fourth-order valence-electron chi connectivity index (χ4n) is 2.32. The van der Waals surface area contributed by atoms with Crippen molar-refractivity contribution in [3.63, 3.8) is 0 Å². The van der Waals surface area contributed by atoms with Gasteiger partial charge in [0.25, 0.3) is 0 Å². The first kappa shape index (κ1) is 13.7. The zero-order chi connectivity index (χ0) is 13.0. The van der Waals surface area contributed by atoms with Crippen LogP contribution in [-0.2, 0) is 0 Å². The highest BCUT2D eigenvalue weighted by Gasteiger charge is 2.28. The Morgan fingerprint density at radius 1 is 1.56 bits per heavy atom. The van der Waals surface area contributed by atoms with Crippen LogP contribution in [0.25, 0.3) is 0 Å². The summed E-state index contributed by atoms with van der Waals surface area (Å²) in [5.74, 6) is 8.93. The summed E-state index contributed by atoms with van der Waals surface area (Å²) in [6.07, 6.45) is 0. The van der Waals surface area contributed by atoms with Gasteiger partial charge < -0.3 is 4.74 Å². The summed E-state index contributed by atoms with van der Waals surface area (Å²) >= 11 is 1.99. The molecule has 1 aliphatic rings. The minimum absolute atomic E-state index is 0.137. The lowest BCUT2D eigenvalue weighted by Crippen LogP contribution is -2.49. The minimum Gasteiger partial charge on any atom is -0.497 e. The Kier molecular flexibility index (Phi) is 4.88. The number of nitrogens with one attached hydrogen (secondary N) is 1. The Morgan fingerprint density at radius 3 is 3.06 bits per heavy atom. The van der Waals surface area contributed by atoms with Crippen molar-refractivity contribution in [1.82, 2.24) is 10.3 Å². The molecule has 3 N–H and O–H groups in total. The second-order valence-corrected chi connectivity index (χ2v) is 5.69. The van der Waals surface area contributed by atoms with Gasteiger partial charge in [0.15, 0.2) is 0 Å². The van der Waals surface area contributed by atoms with Crippen LogP contribution in [-0.4, -0.2) is 43.1 Å². The summed E-state index contributed by atoms with van der Waals surface area (Å²) < 4.78 is 5.28. The molecule has 0 amide bonds. The van der Waals surface area contributed by atoms with Gasteiger partial charge in [-0.3, -0.25) is 16.2 Å². The van der Waals surface area contributed by atoms with Crippen molar-refractivity contribution < 1.29 is 4.74 Å². The fraction of sp³-hybridized carbons (Fsp3) is 0.538. The molecule has 2 atom stereocenters. The summed E-state index contributed by atoms with van der Waals surface area (Å²) in [5, 5.41) is 0. The Morgan fingerprint density at radius 2 is 2.39 bits per heavy atom. The van der Waals surface area contributed by atoms with Gasteiger partial charge in [-0.05, 0) is 24.7 Å². The SMILES string of the molecule is COc1cccc(C(NN)C2CSCCN2C)c1. The molecule has 1 aromatic rings. The van der Waals surface area contributed by atoms with Crippen LogP contribution in [0, 0.1) is 0 Å². The largest absolute Gasteiger partial charge is 0.497 e. The molecule has 4 nitrogen and oxygen atoms in total. The molecule has 18 heavy (non-hydrogen) atoms. The Hall–Kier alpha value is -0.750. The van der Waals surface area contributed by atoms with Crippen LogP contribution in [0.15, 0.2) is 24.3 Å². The number of nitrogens with two attached hydrogens (primary N) is 1. The van der Waals surface area contributed by atoms with Crippen molar-refractivity contribution in [2.45, 2.75) is 12.1 Å². The van der Waals surface area contributed by atoms with Crippen LogP contribution in [0.4, 0.5) is 0 Å². The van der Waals surface area contributed by atoms with Crippen LogP contribution in [0.1, 0.15) is 11.6 Å². The van der Waals surface area contributed by atoms with Crippen LogP contribution < -0.4 is 16.0 Å². The highest BCUT2D eigenvalue weighted by Crippen LogP contribution is 2.28. The van der Waals surface area contributed by atoms with Crippen molar-refractivity contribution in [2.75, 3.05) is 32.2 Å². The van der Waals surface area contributed by atoms with Crippen molar-refractivity contribution in [1.29, 1.82) is 0 Å². The molecule has 100 valence electrons. The van der Waals surface area contributed by atoms with Crippen LogP contribution in [0.3, 0.4) is 0 Å². The highest BCUT2D eigenvalue weighted by molar-refractivity contribution is 7.99. The molecule has 2 rings (SSSR count). The van der Waals surface area contributed by atoms with Gasteiger partial charge in [0.1, 0.15) is 5.75 Å². The normalized spacial score (nSPS) is 22.7. The number of hydrazine groups is 1. The van der Waals surface area contributed by atoms with Crippen molar-refractivity contribution in [3.05, 3.63) is 29.8 Å². The van der Waals surface area contributed by atoms with E-state index in [0.717, 1.165) is 18.0 Å². The zero-order valence-electron chi connectivity index (χ0n) is 10.9. The standard InChI is InChI=1S/C13H21N3OS/c1-16-6-7-18-9-12(16)13(15-14)10-4-3-5-11(8-10)17-2/h3-5,8,12-13,15H,6-7,9,14H2,1-2H3. The number of nitrogens with zero attached hydrogens (tertiary/aromatic N) is 1. The first-order valence-corrected chi connectivity index (χ1v) is 7.30. The maximum atomic E-state index is 5.76. The molecule has 0 aromatic heterocycles. The molecule has 0 bridgehead atoms. The number of hydrogen-bond acceptors (Lipinski definition) is 5. The average Bonchev–Trinajstić information content (AvgIpc) is 2.42. The van der Waals surface area contributed by atoms with Gasteiger partial charge in [-0.15, -0.1) is 0 Å². The Balaban J connectivity index is 2.20. The van der Waals surface area contributed by atoms with Gasteiger partial charge in [-0.25, -0.2) is 0 Å². The quantitative estimate of drug-likeness (QED) is 0.635. The molecule has 1 heterocycles. The van der Waals surface area contributed by atoms with Gasteiger partial charge in [0.2, 0.25) is 0 Å². The Labute approximate surface area is 113 Å². The topological polar surface area (TPSA) is 50.5 Å². The van der Waals surface area contributed by atoms with Gasteiger partial charge >= 0.3 is 0 Å². The molecule has 1 aliphatic heterocycles. The molecule has 0 radical (unpaired) electrons. The molecule has 0 aliphatic carbocycles. The van der Waals surface area contributed by atoms with E-state index in [2.05, 4.69) is 29.5 Å². The van der Waals surface area contributed by atoms with E-state index in [1.807, 2.05) is 23.9 Å². The van der Waals surface area contributed by atoms with E-state index in [1.165, 1.54) is 11.3 Å². The van der Waals surface area contributed by atoms with E-state index in [4.69, 9.17) is 10.6 Å². The fourth-order valence-corrected chi connectivity index (χ4v) is 3.59. The highest BCUT2D eigenvalue weighted by atomic mass is 32.2. The summed E-state index contributed by atoms with van der Waals surface area (Å²) in [6, 6.07) is 8.67. The number of benzene rings is 1. The minimum atomic E-state index is 0.137. The van der Waals surface area contributed by atoms with E-state index in [1.54, 1.807) is 7.11 Å². The van der Waals surface area contributed by atoms with Gasteiger partial charge in [0, 0.05) is 24.1 Å². The summed E-state index contributed by atoms with van der Waals surface area (Å²) in [4.78, 5) is 2.38. The van der Waals surface area contributed by atoms with E-state index < -0.39 is 0 Å². The maximum absolute atomic E-state index is 5.76. The predicted molar refractivity (Wildman–Crippen MR) is 76.8 cm³/mol. The van der Waals surface area contributed by atoms with Gasteiger partial charge in [0.05, 0.1) is 13.2 Å². The second kappa shape index (κ2) is 6.43. The molecular formula is C13H21N3OS. The number of methoxy groups -OCH3 is 1. The maximum Gasteiger partial charge on any atom is 0.119 e. The second-order valence-electron chi connectivity index (χ2n) is 4.54. The first-order chi connectivity index (χ1) is 8.76. The molecule has 1 fully saturated rings. The predicted octanol–water partition coefficient (Wildman–Crippen LogP) is 1.25. The molecule has 5 heteroatoms. The van der Waals surface area contributed by atoms with Crippen LogP contribution >= 0.6 is 11.8 Å². The summed E-state index contributed by atoms with van der Waals surface area (Å²) in [7, 11) is 3.85. The number of hydrogen-bond donors (Lipinski definition) is 2. The summed E-state index contributed by atoms with van der Waals surface area (Å²) in [6.45, 7) is 1.11. The number of ether oxygens (including phenoxy) is 1. The van der Waals surface area contributed by atoms with E-state index >= 15 is 0 Å². The lowest BCUT2D eigenvalue weighted by Gasteiger charge is -2.37. The molecule has 2 unspecified atom stereocenters. The average molecular weight is 267 g/mol. The third-order valence-corrected chi connectivity index (χ3v) is 4.51. The van der Waals surface area contributed by atoms with Crippen molar-refractivity contribution in [3.8, 4) is 5.75 Å². The Bertz CT molecular complexity index is 388. The van der Waals surface area contributed by atoms with Gasteiger partial charge in [-0.2, -0.15) is 11.8 Å². The summed E-state index contributed by atoms with van der Waals surface area (Å²) in [5.41, 5.74) is 4.14. The monoisotopic (exact) mass is 267 g/mol. The van der Waals surface area contributed by atoms with E-state index in [0.29, 0.717) is 6.04 Å². The third-order valence-electron chi connectivity index (χ3n) is 3.46. The number of thioether (sulfide) groups is 1. The number of likely N-dealkylation sites (N-methyl/N-ethyl adjacent to an activating group) is 1. The first-order valence-electron chi connectivity index (χ1n) is 6.14. The third kappa shape index (κ3) is 2.98. The van der Waals surface area contributed by atoms with E-state index in [-0.39, 0.29) is 6.04 Å². The van der Waals surface area contributed by atoms with Crippen LogP contribution in [0.2, 0.25) is 0 Å². The molecule has 0 spiro atoms. The molecular weight excluding hydrogens is 246 g/mol. The molecule has 1 aromatic carbocycles. The molecule has 0 saturated carbocycles. The lowest BCUT2D eigenvalue weighted by atomic mass is 9.99. The molecule has 1 saturated heterocycles. The van der Waals surface area contributed by atoms with Gasteiger partial charge in [-0.1, -0.05) is 12.1 Å².